The summed E-state index contributed by atoms with van der Waals surface area (Å²) in [6.45, 7) is -0.655. The van der Waals surface area contributed by atoms with E-state index in [1.807, 2.05) is 4.72 Å². The molecule has 0 aliphatic carbocycles. The molecule has 17 heavy (non-hydrogen) atoms. The molecule has 1 aromatic heterocycles. The highest BCUT2D eigenvalue weighted by molar-refractivity contribution is 7.91. The van der Waals surface area contributed by atoms with E-state index in [0.717, 1.165) is 16.0 Å². The summed E-state index contributed by atoms with van der Waals surface area (Å²) in [6, 6.07) is 6.98. The fraction of sp³-hybridized carbons (Fsp3) is 0.111. The number of rotatable bonds is 4. The van der Waals surface area contributed by atoms with Gasteiger partial charge in [0.2, 0.25) is 4.34 Å². The number of benzene rings is 1. The van der Waals surface area contributed by atoms with E-state index in [2.05, 4.69) is 4.98 Å². The van der Waals surface area contributed by atoms with E-state index in [0.29, 0.717) is 5.52 Å². The third-order valence-corrected chi connectivity index (χ3v) is 4.73. The van der Waals surface area contributed by atoms with Crippen molar-refractivity contribution in [1.29, 1.82) is 0 Å². The van der Waals surface area contributed by atoms with Gasteiger partial charge >= 0.3 is 5.97 Å². The average Bonchev–Trinajstić information content (AvgIpc) is 2.71. The Morgan fingerprint density at radius 3 is 2.76 bits per heavy atom. The zero-order valence-corrected chi connectivity index (χ0v) is 10.1. The lowest BCUT2D eigenvalue weighted by molar-refractivity contribution is -0.135. The van der Waals surface area contributed by atoms with Crippen LogP contribution >= 0.6 is 11.3 Å². The van der Waals surface area contributed by atoms with Crippen LogP contribution in [0.3, 0.4) is 0 Å². The summed E-state index contributed by atoms with van der Waals surface area (Å²) in [7, 11) is -3.84. The minimum absolute atomic E-state index is 0.125. The molecular weight excluding hydrogens is 264 g/mol. The number of carboxylic acid groups (broad SMARTS) is 1. The Hall–Kier alpha value is -1.51. The van der Waals surface area contributed by atoms with Crippen LogP contribution < -0.4 is 4.72 Å². The first-order chi connectivity index (χ1) is 7.99. The normalized spacial score (nSPS) is 11.8. The molecule has 8 heteroatoms. The zero-order valence-electron chi connectivity index (χ0n) is 8.45. The molecule has 0 fully saturated rings. The number of carboxylic acids is 1. The largest absolute Gasteiger partial charge is 0.480 e. The molecule has 0 radical (unpaired) electrons. The lowest BCUT2D eigenvalue weighted by Crippen LogP contribution is -2.29. The van der Waals surface area contributed by atoms with Gasteiger partial charge in [-0.15, -0.1) is 11.3 Å². The number of sulfonamides is 1. The molecule has 0 bridgehead atoms. The summed E-state index contributed by atoms with van der Waals surface area (Å²) in [4.78, 5) is 14.2. The summed E-state index contributed by atoms with van der Waals surface area (Å²) in [5.41, 5.74) is 0.577. The molecule has 0 saturated heterocycles. The Bertz CT molecular complexity index is 629. The van der Waals surface area contributed by atoms with Crippen LogP contribution in [-0.2, 0) is 14.8 Å². The average molecular weight is 272 g/mol. The molecule has 2 aromatic rings. The Morgan fingerprint density at radius 2 is 2.12 bits per heavy atom. The smallest absolute Gasteiger partial charge is 0.318 e. The number of nitrogens with zero attached hydrogens (tertiary/aromatic N) is 1. The molecule has 0 amide bonds. The third kappa shape index (κ3) is 2.60. The number of aliphatic carboxylic acids is 1. The zero-order chi connectivity index (χ0) is 12.5. The highest BCUT2D eigenvalue weighted by Gasteiger charge is 2.19. The van der Waals surface area contributed by atoms with Gasteiger partial charge in [-0.05, 0) is 12.1 Å². The number of carbonyl (C=O) groups is 1. The van der Waals surface area contributed by atoms with Gasteiger partial charge < -0.3 is 5.11 Å². The molecule has 2 rings (SSSR count). The predicted octanol–water partition coefficient (Wildman–Crippen LogP) is 0.659. The van der Waals surface area contributed by atoms with Gasteiger partial charge in [0.15, 0.2) is 0 Å². The van der Waals surface area contributed by atoms with Crippen LogP contribution in [0.25, 0.3) is 10.2 Å². The van der Waals surface area contributed by atoms with Crippen molar-refractivity contribution in [2.45, 2.75) is 4.34 Å². The molecule has 0 spiro atoms. The molecule has 90 valence electrons. The molecule has 0 atom stereocenters. The fourth-order valence-electron chi connectivity index (χ4n) is 1.18. The minimum atomic E-state index is -3.84. The number of hydrogen-bond donors (Lipinski definition) is 2. The van der Waals surface area contributed by atoms with Crippen LogP contribution in [0.4, 0.5) is 0 Å². The SMILES string of the molecule is O=C(O)CNS(=O)(=O)c1nc2ccccc2s1. The highest BCUT2D eigenvalue weighted by atomic mass is 32.2. The molecule has 0 saturated carbocycles. The number of para-hydroxylation sites is 1. The van der Waals surface area contributed by atoms with E-state index in [1.165, 1.54) is 0 Å². The number of hydrogen-bond acceptors (Lipinski definition) is 5. The molecular formula is C9H8N2O4S2. The third-order valence-electron chi connectivity index (χ3n) is 1.92. The summed E-state index contributed by atoms with van der Waals surface area (Å²) in [5.74, 6) is -1.24. The monoisotopic (exact) mass is 272 g/mol. The van der Waals surface area contributed by atoms with Crippen LogP contribution in [-0.4, -0.2) is 31.0 Å². The van der Waals surface area contributed by atoms with Gasteiger partial charge in [-0.1, -0.05) is 12.1 Å². The molecule has 1 aromatic carbocycles. The Kier molecular flexibility index (Phi) is 3.09. The molecule has 6 nitrogen and oxygen atoms in total. The predicted molar refractivity (Wildman–Crippen MR) is 62.4 cm³/mol. The molecule has 0 aliphatic heterocycles. The van der Waals surface area contributed by atoms with E-state index in [-0.39, 0.29) is 4.34 Å². The van der Waals surface area contributed by atoms with Crippen LogP contribution in [0.2, 0.25) is 0 Å². The number of aromatic nitrogens is 1. The topological polar surface area (TPSA) is 96.4 Å². The van der Waals surface area contributed by atoms with Crippen molar-refractivity contribution in [2.24, 2.45) is 0 Å². The van der Waals surface area contributed by atoms with Crippen molar-refractivity contribution in [1.82, 2.24) is 9.71 Å². The summed E-state index contributed by atoms with van der Waals surface area (Å²) in [5, 5.41) is 8.42. The first-order valence-electron chi connectivity index (χ1n) is 4.56. The summed E-state index contributed by atoms with van der Waals surface area (Å²) >= 11 is 1.00. The molecule has 1 heterocycles. The van der Waals surface area contributed by atoms with Crippen molar-refractivity contribution in [3.8, 4) is 0 Å². The number of nitrogens with one attached hydrogen (secondary N) is 1. The lowest BCUT2D eigenvalue weighted by Gasteiger charge is -1.98. The maximum atomic E-state index is 11.7. The quantitative estimate of drug-likeness (QED) is 0.852. The maximum absolute atomic E-state index is 11.7. The maximum Gasteiger partial charge on any atom is 0.318 e. The molecule has 0 aliphatic rings. The molecule has 0 unspecified atom stereocenters. The number of thiazole rings is 1. The van der Waals surface area contributed by atoms with E-state index in [4.69, 9.17) is 5.11 Å². The Morgan fingerprint density at radius 1 is 1.41 bits per heavy atom. The Balaban J connectivity index is 2.35. The standard InChI is InChI=1S/C9H8N2O4S2/c12-8(13)5-10-17(14,15)9-11-6-3-1-2-4-7(6)16-9/h1-4,10H,5H2,(H,12,13). The first-order valence-corrected chi connectivity index (χ1v) is 6.86. The molecule has 2 N–H and O–H groups in total. The van der Waals surface area contributed by atoms with E-state index in [1.54, 1.807) is 24.3 Å². The van der Waals surface area contributed by atoms with Gasteiger partial charge in [-0.3, -0.25) is 4.79 Å². The highest BCUT2D eigenvalue weighted by Crippen LogP contribution is 2.24. The Labute approximate surface area is 101 Å². The van der Waals surface area contributed by atoms with Crippen molar-refractivity contribution in [2.75, 3.05) is 6.54 Å². The lowest BCUT2D eigenvalue weighted by atomic mass is 10.3. The van der Waals surface area contributed by atoms with E-state index >= 15 is 0 Å². The minimum Gasteiger partial charge on any atom is -0.480 e. The fourth-order valence-corrected chi connectivity index (χ4v) is 3.42. The van der Waals surface area contributed by atoms with Crippen LogP contribution in [0, 0.1) is 0 Å². The van der Waals surface area contributed by atoms with Crippen molar-refractivity contribution < 1.29 is 18.3 Å². The van der Waals surface area contributed by atoms with Crippen LogP contribution in [0.15, 0.2) is 28.6 Å². The van der Waals surface area contributed by atoms with Crippen molar-refractivity contribution in [3.63, 3.8) is 0 Å². The van der Waals surface area contributed by atoms with Crippen LogP contribution in [0.5, 0.6) is 0 Å². The van der Waals surface area contributed by atoms with Gasteiger partial charge in [0.05, 0.1) is 10.2 Å². The van der Waals surface area contributed by atoms with Gasteiger partial charge in [0, 0.05) is 0 Å². The summed E-state index contributed by atoms with van der Waals surface area (Å²) < 4.78 is 25.9. The van der Waals surface area contributed by atoms with Gasteiger partial charge in [0.1, 0.15) is 6.54 Å². The first kappa shape index (κ1) is 12.0. The summed E-state index contributed by atoms with van der Waals surface area (Å²) in [6.07, 6.45) is 0. The second-order valence-corrected chi connectivity index (χ2v) is 6.14. The van der Waals surface area contributed by atoms with Gasteiger partial charge in [0.25, 0.3) is 10.0 Å². The number of fused-ring (bicyclic) bond motifs is 1. The van der Waals surface area contributed by atoms with Gasteiger partial charge in [-0.2, -0.15) is 4.72 Å². The van der Waals surface area contributed by atoms with E-state index in [9.17, 15) is 13.2 Å². The van der Waals surface area contributed by atoms with Crippen LogP contribution in [0.1, 0.15) is 0 Å². The van der Waals surface area contributed by atoms with Crippen molar-refractivity contribution in [3.05, 3.63) is 24.3 Å². The second kappa shape index (κ2) is 4.40. The van der Waals surface area contributed by atoms with E-state index < -0.39 is 22.5 Å². The van der Waals surface area contributed by atoms with Crippen molar-refractivity contribution >= 4 is 37.5 Å². The van der Waals surface area contributed by atoms with Gasteiger partial charge in [-0.25, -0.2) is 13.4 Å². The second-order valence-electron chi connectivity index (χ2n) is 3.17.